The number of terminal acetylenes is 1. The Morgan fingerprint density at radius 3 is 2.83 bits per heavy atom. The summed E-state index contributed by atoms with van der Waals surface area (Å²) in [6, 6.07) is 1.39. The van der Waals surface area contributed by atoms with Crippen molar-refractivity contribution in [2.45, 2.75) is 6.54 Å². The van der Waals surface area contributed by atoms with E-state index in [9.17, 15) is 9.59 Å². The van der Waals surface area contributed by atoms with E-state index in [0.29, 0.717) is 6.54 Å². The van der Waals surface area contributed by atoms with Crippen molar-refractivity contribution in [3.05, 3.63) is 20.8 Å². The number of thiophene rings is 1. The Bertz CT molecular complexity index is 481. The molecule has 0 aliphatic rings. The van der Waals surface area contributed by atoms with E-state index >= 15 is 0 Å². The molecular formula is C11H11BrN2O3S. The third kappa shape index (κ3) is 4.39. The first-order valence-electron chi connectivity index (χ1n) is 4.94. The van der Waals surface area contributed by atoms with Crippen LogP contribution in [0, 0.1) is 12.3 Å². The highest BCUT2D eigenvalue weighted by Crippen LogP contribution is 2.22. The molecule has 7 heteroatoms. The predicted octanol–water partition coefficient (Wildman–Crippen LogP) is 1.74. The molecule has 1 aromatic heterocycles. The van der Waals surface area contributed by atoms with Crippen LogP contribution in [0.2, 0.25) is 0 Å². The van der Waals surface area contributed by atoms with E-state index < -0.39 is 18.5 Å². The van der Waals surface area contributed by atoms with Gasteiger partial charge in [-0.05, 0) is 27.4 Å². The summed E-state index contributed by atoms with van der Waals surface area (Å²) in [5.74, 6) is 1.15. The molecule has 0 saturated carbocycles. The summed E-state index contributed by atoms with van der Waals surface area (Å²) >= 11 is 4.84. The van der Waals surface area contributed by atoms with E-state index in [-0.39, 0.29) is 6.54 Å². The molecule has 0 unspecified atom stereocenters. The van der Waals surface area contributed by atoms with Gasteiger partial charge >= 0.3 is 12.0 Å². The molecule has 0 saturated heterocycles. The Kier molecular flexibility index (Phi) is 5.68. The highest BCUT2D eigenvalue weighted by Gasteiger charge is 2.15. The van der Waals surface area contributed by atoms with Gasteiger partial charge in [0.05, 0.1) is 13.1 Å². The van der Waals surface area contributed by atoms with Crippen LogP contribution in [0.4, 0.5) is 4.79 Å². The van der Waals surface area contributed by atoms with Crippen molar-refractivity contribution in [2.24, 2.45) is 0 Å². The van der Waals surface area contributed by atoms with Crippen molar-refractivity contribution in [2.75, 3.05) is 13.1 Å². The van der Waals surface area contributed by atoms with Crippen molar-refractivity contribution >= 4 is 39.3 Å². The average molecular weight is 331 g/mol. The Morgan fingerprint density at radius 1 is 1.61 bits per heavy atom. The molecule has 0 fully saturated rings. The SMILES string of the molecule is C#CCN(CC(=O)O)C(=O)NCc1sccc1Br. The minimum absolute atomic E-state index is 0.0380. The van der Waals surface area contributed by atoms with Crippen molar-refractivity contribution in [1.29, 1.82) is 0 Å². The van der Waals surface area contributed by atoms with Gasteiger partial charge in [0.2, 0.25) is 0 Å². The quantitative estimate of drug-likeness (QED) is 0.808. The molecule has 0 bridgehead atoms. The third-order valence-corrected chi connectivity index (χ3v) is 3.91. The number of carbonyl (C=O) groups is 2. The Morgan fingerprint density at radius 2 is 2.33 bits per heavy atom. The molecule has 0 spiro atoms. The minimum Gasteiger partial charge on any atom is -0.480 e. The number of amides is 2. The van der Waals surface area contributed by atoms with E-state index in [2.05, 4.69) is 27.2 Å². The van der Waals surface area contributed by atoms with Gasteiger partial charge in [-0.1, -0.05) is 5.92 Å². The largest absolute Gasteiger partial charge is 0.480 e. The first-order chi connectivity index (χ1) is 8.54. The summed E-state index contributed by atoms with van der Waals surface area (Å²) < 4.78 is 0.912. The third-order valence-electron chi connectivity index (χ3n) is 1.99. The number of nitrogens with one attached hydrogen (secondary N) is 1. The molecule has 0 aliphatic heterocycles. The van der Waals surface area contributed by atoms with E-state index in [0.717, 1.165) is 14.2 Å². The topological polar surface area (TPSA) is 69.6 Å². The van der Waals surface area contributed by atoms with Crippen LogP contribution in [0.5, 0.6) is 0 Å². The number of hydrogen-bond donors (Lipinski definition) is 2. The zero-order chi connectivity index (χ0) is 13.5. The maximum absolute atomic E-state index is 11.7. The van der Waals surface area contributed by atoms with E-state index in [1.54, 1.807) is 0 Å². The molecule has 1 heterocycles. The predicted molar refractivity (Wildman–Crippen MR) is 72.3 cm³/mol. The zero-order valence-electron chi connectivity index (χ0n) is 9.35. The molecule has 0 aromatic carbocycles. The monoisotopic (exact) mass is 330 g/mol. The zero-order valence-corrected chi connectivity index (χ0v) is 11.8. The van der Waals surface area contributed by atoms with E-state index in [4.69, 9.17) is 11.5 Å². The molecule has 96 valence electrons. The summed E-state index contributed by atoms with van der Waals surface area (Å²) in [4.78, 5) is 24.3. The summed E-state index contributed by atoms with van der Waals surface area (Å²) in [7, 11) is 0. The van der Waals surface area contributed by atoms with Crippen LogP contribution < -0.4 is 5.32 Å². The van der Waals surface area contributed by atoms with Crippen molar-refractivity contribution in [1.82, 2.24) is 10.2 Å². The molecule has 0 atom stereocenters. The molecule has 0 aliphatic carbocycles. The first-order valence-corrected chi connectivity index (χ1v) is 6.61. The Labute approximate surface area is 117 Å². The van der Waals surface area contributed by atoms with E-state index in [1.165, 1.54) is 11.3 Å². The van der Waals surface area contributed by atoms with Gasteiger partial charge < -0.3 is 15.3 Å². The second-order valence-electron chi connectivity index (χ2n) is 3.30. The van der Waals surface area contributed by atoms with Gasteiger partial charge in [-0.25, -0.2) is 4.79 Å². The fourth-order valence-corrected chi connectivity index (χ4v) is 2.62. The lowest BCUT2D eigenvalue weighted by atomic mass is 10.4. The van der Waals surface area contributed by atoms with Crippen LogP contribution in [-0.4, -0.2) is 35.1 Å². The van der Waals surface area contributed by atoms with Crippen LogP contribution in [0.3, 0.4) is 0 Å². The van der Waals surface area contributed by atoms with E-state index in [1.807, 2.05) is 11.4 Å². The lowest BCUT2D eigenvalue weighted by Gasteiger charge is -2.18. The summed E-state index contributed by atoms with van der Waals surface area (Å²) in [6.45, 7) is -0.122. The Hall–Kier alpha value is -1.52. The normalized spacial score (nSPS) is 9.56. The number of rotatable bonds is 5. The lowest BCUT2D eigenvalue weighted by Crippen LogP contribution is -2.42. The molecule has 0 radical (unpaired) electrons. The fourth-order valence-electron chi connectivity index (χ4n) is 1.19. The molecule has 5 nitrogen and oxygen atoms in total. The van der Waals surface area contributed by atoms with Gasteiger partial charge in [-0.2, -0.15) is 0 Å². The lowest BCUT2D eigenvalue weighted by molar-refractivity contribution is -0.137. The maximum atomic E-state index is 11.7. The minimum atomic E-state index is -1.10. The summed E-state index contributed by atoms with van der Waals surface area (Å²) in [5.41, 5.74) is 0. The molecule has 18 heavy (non-hydrogen) atoms. The molecule has 1 aromatic rings. The summed E-state index contributed by atoms with van der Waals surface area (Å²) in [5, 5.41) is 13.2. The number of urea groups is 1. The molecule has 2 N–H and O–H groups in total. The van der Waals surface area contributed by atoms with Crippen molar-refractivity contribution in [3.8, 4) is 12.3 Å². The van der Waals surface area contributed by atoms with Gasteiger partial charge in [0.15, 0.2) is 0 Å². The maximum Gasteiger partial charge on any atom is 0.323 e. The smallest absolute Gasteiger partial charge is 0.323 e. The standard InChI is InChI=1S/C11H11BrN2O3S/c1-2-4-14(7-10(15)16)11(17)13-6-9-8(12)3-5-18-9/h1,3,5H,4,6-7H2,(H,13,17)(H,15,16). The molecule has 1 rings (SSSR count). The fraction of sp³-hybridized carbons (Fsp3) is 0.273. The number of halogens is 1. The number of hydrogen-bond acceptors (Lipinski definition) is 3. The molecule has 2 amide bonds. The van der Waals surface area contributed by atoms with Gasteiger partial charge in [0.25, 0.3) is 0 Å². The van der Waals surface area contributed by atoms with Gasteiger partial charge in [-0.3, -0.25) is 4.79 Å². The van der Waals surface area contributed by atoms with Gasteiger partial charge in [0.1, 0.15) is 6.54 Å². The summed E-state index contributed by atoms with van der Waals surface area (Å²) in [6.07, 6.45) is 5.09. The highest BCUT2D eigenvalue weighted by molar-refractivity contribution is 9.10. The van der Waals surface area contributed by atoms with Crippen molar-refractivity contribution < 1.29 is 14.7 Å². The first kappa shape index (κ1) is 14.5. The van der Waals surface area contributed by atoms with Crippen LogP contribution >= 0.6 is 27.3 Å². The van der Waals surface area contributed by atoms with Crippen molar-refractivity contribution in [3.63, 3.8) is 0 Å². The number of aliphatic carboxylic acids is 1. The van der Waals surface area contributed by atoms with Gasteiger partial charge in [0, 0.05) is 9.35 Å². The number of carboxylic acids is 1. The number of carboxylic acid groups (broad SMARTS) is 1. The second-order valence-corrected chi connectivity index (χ2v) is 5.16. The number of carbonyl (C=O) groups excluding carboxylic acids is 1. The van der Waals surface area contributed by atoms with Gasteiger partial charge in [-0.15, -0.1) is 17.8 Å². The van der Waals surface area contributed by atoms with Crippen LogP contribution in [-0.2, 0) is 11.3 Å². The van der Waals surface area contributed by atoms with Crippen LogP contribution in [0.25, 0.3) is 0 Å². The molecular weight excluding hydrogens is 320 g/mol. The Balaban J connectivity index is 2.54. The number of nitrogens with zero attached hydrogens (tertiary/aromatic N) is 1. The van der Waals surface area contributed by atoms with Crippen LogP contribution in [0.15, 0.2) is 15.9 Å². The second kappa shape index (κ2) is 7.03. The van der Waals surface area contributed by atoms with Crippen LogP contribution in [0.1, 0.15) is 4.88 Å². The average Bonchev–Trinajstić information content (AvgIpc) is 2.70. The highest BCUT2D eigenvalue weighted by atomic mass is 79.9.